The first-order valence-corrected chi connectivity index (χ1v) is 13.2. The third-order valence-corrected chi connectivity index (χ3v) is 7.25. The van der Waals surface area contributed by atoms with Gasteiger partial charge in [-0.3, -0.25) is 19.2 Å². The fourth-order valence-corrected chi connectivity index (χ4v) is 5.01. The maximum absolute atomic E-state index is 12.9. The van der Waals surface area contributed by atoms with E-state index in [4.69, 9.17) is 0 Å². The molecule has 0 spiro atoms. The van der Waals surface area contributed by atoms with E-state index in [-0.39, 0.29) is 16.3 Å². The Kier molecular flexibility index (Phi) is 7.30. The van der Waals surface area contributed by atoms with Crippen molar-refractivity contribution in [2.24, 2.45) is 0 Å². The minimum atomic E-state index is -3.97. The molecule has 1 amide bonds. The zero-order valence-electron chi connectivity index (χ0n) is 18.3. The van der Waals surface area contributed by atoms with Crippen LogP contribution in [-0.4, -0.2) is 46.2 Å². The lowest BCUT2D eigenvalue weighted by Crippen LogP contribution is -2.48. The van der Waals surface area contributed by atoms with E-state index >= 15 is 0 Å². The number of carbonyl (C=O) groups excluding carboxylic acids is 1. The highest BCUT2D eigenvalue weighted by Gasteiger charge is 2.32. The van der Waals surface area contributed by atoms with Gasteiger partial charge in [0.25, 0.3) is 5.69 Å². The number of carbonyl (C=O) groups is 1. The Morgan fingerprint density at radius 2 is 1.59 bits per heavy atom. The van der Waals surface area contributed by atoms with Crippen molar-refractivity contribution < 1.29 is 26.6 Å². The molecule has 0 aliphatic carbocycles. The number of non-ortho nitro benzene ring substituents is 1. The van der Waals surface area contributed by atoms with Crippen LogP contribution in [0.25, 0.3) is 0 Å². The lowest BCUT2D eigenvalue weighted by Gasteiger charge is -2.30. The standard InChI is InChI=1S/C20H25N3O7S2/c1-13-6-9-17(23(25)26)12-19(13)22(32(5,29)30)15(3)20(24)21-14(2)16-7-10-18(11-8-16)31(4,27)28/h6-12,14-15H,1-5H3,(H,21,24)/t14-,15+/m1/s1. The number of aryl methyl sites for hydroxylation is 1. The van der Waals surface area contributed by atoms with E-state index in [9.17, 15) is 31.7 Å². The molecule has 174 valence electrons. The molecule has 2 rings (SSSR count). The highest BCUT2D eigenvalue weighted by Crippen LogP contribution is 2.29. The van der Waals surface area contributed by atoms with Gasteiger partial charge in [-0.05, 0) is 44.0 Å². The lowest BCUT2D eigenvalue weighted by atomic mass is 10.1. The number of nitrogens with zero attached hydrogens (tertiary/aromatic N) is 2. The van der Waals surface area contributed by atoms with Crippen LogP contribution in [0.3, 0.4) is 0 Å². The summed E-state index contributed by atoms with van der Waals surface area (Å²) in [7, 11) is -7.33. The molecule has 0 aliphatic rings. The summed E-state index contributed by atoms with van der Waals surface area (Å²) < 4.78 is 49.1. The molecule has 0 aliphatic heterocycles. The van der Waals surface area contributed by atoms with Crippen LogP contribution in [0.1, 0.15) is 31.0 Å². The molecule has 0 saturated heterocycles. The van der Waals surface area contributed by atoms with E-state index in [0.717, 1.165) is 22.9 Å². The van der Waals surface area contributed by atoms with Gasteiger partial charge in [-0.25, -0.2) is 16.8 Å². The van der Waals surface area contributed by atoms with Crippen molar-refractivity contribution in [3.8, 4) is 0 Å². The zero-order valence-corrected chi connectivity index (χ0v) is 19.9. The first-order valence-electron chi connectivity index (χ1n) is 9.47. The van der Waals surface area contributed by atoms with Crippen molar-refractivity contribution in [2.75, 3.05) is 16.8 Å². The van der Waals surface area contributed by atoms with Gasteiger partial charge in [0.05, 0.1) is 27.8 Å². The molecule has 1 N–H and O–H groups in total. The Balaban J connectivity index is 2.33. The number of amides is 1. The molecular formula is C20H25N3O7S2. The number of hydrogen-bond donors (Lipinski definition) is 1. The van der Waals surface area contributed by atoms with Crippen LogP contribution in [0.5, 0.6) is 0 Å². The number of sulfonamides is 1. The van der Waals surface area contributed by atoms with E-state index in [2.05, 4.69) is 5.32 Å². The molecule has 2 atom stereocenters. The van der Waals surface area contributed by atoms with Crippen molar-refractivity contribution in [2.45, 2.75) is 37.8 Å². The van der Waals surface area contributed by atoms with E-state index in [1.165, 1.54) is 31.2 Å². The van der Waals surface area contributed by atoms with Crippen molar-refractivity contribution in [1.29, 1.82) is 0 Å². The number of nitro groups is 1. The number of anilines is 1. The molecule has 0 radical (unpaired) electrons. The van der Waals surface area contributed by atoms with E-state index in [1.807, 2.05) is 0 Å². The van der Waals surface area contributed by atoms with Gasteiger partial charge in [0.15, 0.2) is 9.84 Å². The summed E-state index contributed by atoms with van der Waals surface area (Å²) >= 11 is 0. The summed E-state index contributed by atoms with van der Waals surface area (Å²) in [6.45, 7) is 4.64. The minimum absolute atomic E-state index is 0.0366. The molecular weight excluding hydrogens is 458 g/mol. The Labute approximate surface area is 187 Å². The smallest absolute Gasteiger partial charge is 0.271 e. The number of nitro benzene ring substituents is 1. The molecule has 0 saturated carbocycles. The molecule has 0 bridgehead atoms. The predicted octanol–water partition coefficient (Wildman–Crippen LogP) is 2.34. The molecule has 2 aromatic rings. The highest BCUT2D eigenvalue weighted by molar-refractivity contribution is 7.92. The van der Waals surface area contributed by atoms with Crippen LogP contribution in [0.2, 0.25) is 0 Å². The maximum Gasteiger partial charge on any atom is 0.271 e. The van der Waals surface area contributed by atoms with Gasteiger partial charge in [0.1, 0.15) is 6.04 Å². The largest absolute Gasteiger partial charge is 0.348 e. The normalized spacial score (nSPS) is 13.8. The van der Waals surface area contributed by atoms with E-state index in [1.54, 1.807) is 26.0 Å². The molecule has 0 unspecified atom stereocenters. The van der Waals surface area contributed by atoms with Gasteiger partial charge in [-0.2, -0.15) is 0 Å². The molecule has 2 aromatic carbocycles. The summed E-state index contributed by atoms with van der Waals surface area (Å²) in [6, 6.07) is 8.01. The minimum Gasteiger partial charge on any atom is -0.348 e. The second kappa shape index (κ2) is 9.25. The average Bonchev–Trinajstić information content (AvgIpc) is 2.67. The van der Waals surface area contributed by atoms with Gasteiger partial charge in [-0.15, -0.1) is 0 Å². The SMILES string of the molecule is Cc1ccc([N+](=O)[O-])cc1N([C@@H](C)C(=O)N[C@H](C)c1ccc(S(C)(=O)=O)cc1)S(C)(=O)=O. The monoisotopic (exact) mass is 483 g/mol. The lowest BCUT2D eigenvalue weighted by molar-refractivity contribution is -0.384. The fourth-order valence-electron chi connectivity index (χ4n) is 3.15. The highest BCUT2D eigenvalue weighted by atomic mass is 32.2. The van der Waals surface area contributed by atoms with Crippen molar-refractivity contribution in [1.82, 2.24) is 5.32 Å². The molecule has 0 aromatic heterocycles. The van der Waals surface area contributed by atoms with Crippen molar-refractivity contribution in [3.05, 3.63) is 63.7 Å². The molecule has 32 heavy (non-hydrogen) atoms. The summed E-state index contributed by atoms with van der Waals surface area (Å²) in [5, 5.41) is 13.9. The van der Waals surface area contributed by atoms with Crippen LogP contribution in [0, 0.1) is 17.0 Å². The zero-order chi connectivity index (χ0) is 24.4. The number of rotatable bonds is 8. The van der Waals surface area contributed by atoms with Gasteiger partial charge < -0.3 is 5.32 Å². The van der Waals surface area contributed by atoms with Gasteiger partial charge in [0, 0.05) is 18.4 Å². The third-order valence-electron chi connectivity index (χ3n) is 4.90. The quantitative estimate of drug-likeness (QED) is 0.448. The summed E-state index contributed by atoms with van der Waals surface area (Å²) in [5.41, 5.74) is 0.807. The number of hydrogen-bond acceptors (Lipinski definition) is 7. The van der Waals surface area contributed by atoms with Crippen LogP contribution < -0.4 is 9.62 Å². The summed E-state index contributed by atoms with van der Waals surface area (Å²) in [6.07, 6.45) is 2.01. The molecule has 10 nitrogen and oxygen atoms in total. The first kappa shape index (κ1) is 25.3. The van der Waals surface area contributed by atoms with Crippen LogP contribution in [0.15, 0.2) is 47.4 Å². The summed E-state index contributed by atoms with van der Waals surface area (Å²) in [4.78, 5) is 23.5. The third kappa shape index (κ3) is 5.82. The van der Waals surface area contributed by atoms with E-state index < -0.39 is 42.8 Å². The number of sulfone groups is 1. The van der Waals surface area contributed by atoms with E-state index in [0.29, 0.717) is 11.1 Å². The van der Waals surface area contributed by atoms with Crippen LogP contribution in [-0.2, 0) is 24.7 Å². The van der Waals surface area contributed by atoms with Crippen LogP contribution >= 0.6 is 0 Å². The first-order chi connectivity index (χ1) is 14.6. The van der Waals surface area contributed by atoms with Gasteiger partial charge in [0.2, 0.25) is 15.9 Å². The van der Waals surface area contributed by atoms with Gasteiger partial charge in [-0.1, -0.05) is 18.2 Å². The second-order valence-corrected chi connectivity index (χ2v) is 11.4. The molecule has 12 heteroatoms. The van der Waals surface area contributed by atoms with Crippen molar-refractivity contribution in [3.63, 3.8) is 0 Å². The molecule has 0 heterocycles. The van der Waals surface area contributed by atoms with Crippen molar-refractivity contribution >= 4 is 37.1 Å². The summed E-state index contributed by atoms with van der Waals surface area (Å²) in [5.74, 6) is -0.624. The Morgan fingerprint density at radius 3 is 2.06 bits per heavy atom. The number of nitrogens with one attached hydrogen (secondary N) is 1. The topological polar surface area (TPSA) is 144 Å². The second-order valence-electron chi connectivity index (χ2n) is 7.53. The Bertz CT molecular complexity index is 1240. The number of benzene rings is 2. The fraction of sp³-hybridized carbons (Fsp3) is 0.350. The van der Waals surface area contributed by atoms with Crippen LogP contribution in [0.4, 0.5) is 11.4 Å². The van der Waals surface area contributed by atoms with Gasteiger partial charge >= 0.3 is 0 Å². The maximum atomic E-state index is 12.9. The molecule has 0 fully saturated rings. The average molecular weight is 484 g/mol. The predicted molar refractivity (Wildman–Crippen MR) is 121 cm³/mol. The Hall–Kier alpha value is -2.99. The Morgan fingerprint density at radius 1 is 1.03 bits per heavy atom.